The van der Waals surface area contributed by atoms with Crippen molar-refractivity contribution in [3.05, 3.63) is 65.9 Å². The van der Waals surface area contributed by atoms with Gasteiger partial charge in [-0.2, -0.15) is 10.1 Å². The third-order valence-electron chi connectivity index (χ3n) is 4.90. The molecule has 1 N–H and O–H groups in total. The van der Waals surface area contributed by atoms with Crippen molar-refractivity contribution >= 4 is 28.0 Å². The second kappa shape index (κ2) is 7.11. The maximum Gasteiger partial charge on any atom is 0.272 e. The van der Waals surface area contributed by atoms with Crippen LogP contribution in [0.3, 0.4) is 0 Å². The molecule has 0 atom stereocenters. The van der Waals surface area contributed by atoms with E-state index in [0.717, 1.165) is 22.3 Å². The summed E-state index contributed by atoms with van der Waals surface area (Å²) in [5.41, 5.74) is 3.88. The summed E-state index contributed by atoms with van der Waals surface area (Å²) in [7, 11) is 0. The molecule has 0 aliphatic carbocycles. The van der Waals surface area contributed by atoms with E-state index in [1.165, 1.54) is 0 Å². The minimum Gasteiger partial charge on any atom is -0.467 e. The first-order valence-corrected chi connectivity index (χ1v) is 9.54. The van der Waals surface area contributed by atoms with Crippen LogP contribution in [0, 0.1) is 13.8 Å². The number of para-hydroxylation sites is 1. The molecular formula is C21H19N7O2. The summed E-state index contributed by atoms with van der Waals surface area (Å²) < 4.78 is 8.78. The number of amides is 1. The highest BCUT2D eigenvalue weighted by Crippen LogP contribution is 2.26. The van der Waals surface area contributed by atoms with Crippen LogP contribution in [-0.2, 0) is 17.9 Å². The molecule has 0 saturated heterocycles. The first-order chi connectivity index (χ1) is 14.6. The fraction of sp³-hybridized carbons (Fsp3) is 0.190. The number of hydrogen-bond acceptors (Lipinski definition) is 6. The highest BCUT2D eigenvalue weighted by molar-refractivity contribution is 6.04. The van der Waals surface area contributed by atoms with Gasteiger partial charge in [-0.3, -0.25) is 4.79 Å². The largest absolute Gasteiger partial charge is 0.467 e. The first kappa shape index (κ1) is 18.0. The van der Waals surface area contributed by atoms with Crippen LogP contribution in [0.1, 0.15) is 17.1 Å². The Morgan fingerprint density at radius 2 is 2.00 bits per heavy atom. The summed E-state index contributed by atoms with van der Waals surface area (Å²) in [4.78, 5) is 17.4. The lowest BCUT2D eigenvalue weighted by molar-refractivity contribution is -0.121. The Morgan fingerprint density at radius 3 is 2.77 bits per heavy atom. The molecule has 0 fully saturated rings. The van der Waals surface area contributed by atoms with Gasteiger partial charge in [-0.15, -0.1) is 10.2 Å². The monoisotopic (exact) mass is 401 g/mol. The number of fused-ring (bicyclic) bond motifs is 3. The Hall–Kier alpha value is -4.01. The SMILES string of the molecule is Cc1cc(C)n(-c2nnc3c4ccccc4n(CC(=O)NCc4ccco4)c3n2)n1. The van der Waals surface area contributed by atoms with Gasteiger partial charge in [0, 0.05) is 11.1 Å². The number of benzene rings is 1. The fourth-order valence-corrected chi connectivity index (χ4v) is 3.57. The number of carbonyl (C=O) groups excluding carboxylic acids is 1. The molecule has 9 heteroatoms. The number of carbonyl (C=O) groups is 1. The molecule has 0 bridgehead atoms. The van der Waals surface area contributed by atoms with Crippen LogP contribution in [0.15, 0.2) is 53.1 Å². The molecule has 30 heavy (non-hydrogen) atoms. The Labute approximate surface area is 171 Å². The maximum atomic E-state index is 12.7. The third kappa shape index (κ3) is 3.10. The Kier molecular flexibility index (Phi) is 4.27. The maximum absolute atomic E-state index is 12.7. The van der Waals surface area contributed by atoms with E-state index in [-0.39, 0.29) is 12.5 Å². The summed E-state index contributed by atoms with van der Waals surface area (Å²) in [5, 5.41) is 16.9. The van der Waals surface area contributed by atoms with E-state index in [1.54, 1.807) is 17.0 Å². The molecule has 1 amide bonds. The average molecular weight is 401 g/mol. The van der Waals surface area contributed by atoms with Crippen LogP contribution in [-0.4, -0.2) is 35.4 Å². The number of nitrogens with zero attached hydrogens (tertiary/aromatic N) is 6. The lowest BCUT2D eigenvalue weighted by Crippen LogP contribution is -2.27. The van der Waals surface area contributed by atoms with Gasteiger partial charge in [0.25, 0.3) is 5.95 Å². The van der Waals surface area contributed by atoms with Gasteiger partial charge in [0.2, 0.25) is 5.91 Å². The minimum absolute atomic E-state index is 0.0972. The molecule has 4 aromatic heterocycles. The van der Waals surface area contributed by atoms with Crippen molar-refractivity contribution in [1.82, 2.24) is 34.8 Å². The van der Waals surface area contributed by atoms with E-state index >= 15 is 0 Å². The highest BCUT2D eigenvalue weighted by atomic mass is 16.3. The lowest BCUT2D eigenvalue weighted by atomic mass is 10.2. The zero-order valence-corrected chi connectivity index (χ0v) is 16.5. The zero-order chi connectivity index (χ0) is 20.7. The highest BCUT2D eigenvalue weighted by Gasteiger charge is 2.18. The summed E-state index contributed by atoms with van der Waals surface area (Å²) in [6.07, 6.45) is 1.58. The Morgan fingerprint density at radius 1 is 1.13 bits per heavy atom. The molecule has 0 spiro atoms. The van der Waals surface area contributed by atoms with Crippen LogP contribution in [0.2, 0.25) is 0 Å². The van der Waals surface area contributed by atoms with Crippen molar-refractivity contribution in [1.29, 1.82) is 0 Å². The molecule has 0 saturated carbocycles. The van der Waals surface area contributed by atoms with E-state index in [9.17, 15) is 4.79 Å². The van der Waals surface area contributed by atoms with Crippen LogP contribution < -0.4 is 5.32 Å². The van der Waals surface area contributed by atoms with E-state index in [4.69, 9.17) is 9.40 Å². The van der Waals surface area contributed by atoms with E-state index in [1.807, 2.05) is 54.8 Å². The molecule has 4 heterocycles. The number of furan rings is 1. The van der Waals surface area contributed by atoms with Crippen LogP contribution in [0.5, 0.6) is 0 Å². The third-order valence-corrected chi connectivity index (χ3v) is 4.90. The molecule has 5 rings (SSSR count). The van der Waals surface area contributed by atoms with Gasteiger partial charge in [-0.25, -0.2) is 4.68 Å². The van der Waals surface area contributed by atoms with Crippen molar-refractivity contribution in [2.45, 2.75) is 26.9 Å². The zero-order valence-electron chi connectivity index (χ0n) is 16.5. The summed E-state index contributed by atoms with van der Waals surface area (Å²) >= 11 is 0. The van der Waals surface area contributed by atoms with Crippen LogP contribution in [0.25, 0.3) is 28.0 Å². The molecule has 0 aliphatic rings. The fourth-order valence-electron chi connectivity index (χ4n) is 3.57. The summed E-state index contributed by atoms with van der Waals surface area (Å²) in [5.74, 6) is 0.912. The number of aryl methyl sites for hydroxylation is 2. The lowest BCUT2D eigenvalue weighted by Gasteiger charge is -2.08. The number of rotatable bonds is 5. The van der Waals surface area contributed by atoms with Gasteiger partial charge in [0.15, 0.2) is 5.65 Å². The number of nitrogens with one attached hydrogen (secondary N) is 1. The first-order valence-electron chi connectivity index (χ1n) is 9.54. The van der Waals surface area contributed by atoms with Crippen molar-refractivity contribution in [2.24, 2.45) is 0 Å². The number of hydrogen-bond donors (Lipinski definition) is 1. The van der Waals surface area contributed by atoms with E-state index < -0.39 is 0 Å². The summed E-state index contributed by atoms with van der Waals surface area (Å²) in [6, 6.07) is 13.3. The van der Waals surface area contributed by atoms with Gasteiger partial charge in [-0.05, 0) is 38.1 Å². The number of aromatic nitrogens is 6. The molecule has 150 valence electrons. The topological polar surface area (TPSA) is 104 Å². The van der Waals surface area contributed by atoms with Crippen LogP contribution in [0.4, 0.5) is 0 Å². The summed E-state index contributed by atoms with van der Waals surface area (Å²) in [6.45, 7) is 4.27. The second-order valence-electron chi connectivity index (χ2n) is 7.08. The van der Waals surface area contributed by atoms with E-state index in [0.29, 0.717) is 29.4 Å². The molecule has 0 aliphatic heterocycles. The van der Waals surface area contributed by atoms with Crippen LogP contribution >= 0.6 is 0 Å². The quantitative estimate of drug-likeness (QED) is 0.486. The molecule has 9 nitrogen and oxygen atoms in total. The predicted octanol–water partition coefficient (Wildman–Crippen LogP) is 2.69. The Balaban J connectivity index is 1.56. The standard InChI is InChI=1S/C21H19N7O2/c1-13-10-14(2)28(26-13)21-23-20-19(24-25-21)16-7-3-4-8-17(16)27(20)12-18(29)22-11-15-6-5-9-30-15/h3-10H,11-12H2,1-2H3,(H,22,29). The average Bonchev–Trinajstić information content (AvgIpc) is 3.45. The van der Waals surface area contributed by atoms with Gasteiger partial charge >= 0.3 is 0 Å². The molecule has 0 unspecified atom stereocenters. The van der Waals surface area contributed by atoms with Crippen molar-refractivity contribution < 1.29 is 9.21 Å². The van der Waals surface area contributed by atoms with Gasteiger partial charge < -0.3 is 14.3 Å². The minimum atomic E-state index is -0.152. The molecule has 5 aromatic rings. The Bertz CT molecular complexity index is 1370. The van der Waals surface area contributed by atoms with Gasteiger partial charge in [0.05, 0.1) is 24.0 Å². The molecule has 0 radical (unpaired) electrons. The predicted molar refractivity (Wildman–Crippen MR) is 110 cm³/mol. The normalized spacial score (nSPS) is 11.4. The molecular weight excluding hydrogens is 382 g/mol. The molecule has 1 aromatic carbocycles. The van der Waals surface area contributed by atoms with Gasteiger partial charge in [0.1, 0.15) is 17.8 Å². The van der Waals surface area contributed by atoms with Gasteiger partial charge in [-0.1, -0.05) is 18.2 Å². The van der Waals surface area contributed by atoms with Crippen molar-refractivity contribution in [3.63, 3.8) is 0 Å². The smallest absolute Gasteiger partial charge is 0.272 e. The second-order valence-corrected chi connectivity index (χ2v) is 7.08. The van der Waals surface area contributed by atoms with E-state index in [2.05, 4.69) is 20.6 Å². The van der Waals surface area contributed by atoms with Crippen molar-refractivity contribution in [3.8, 4) is 5.95 Å². The van der Waals surface area contributed by atoms with Crippen molar-refractivity contribution in [2.75, 3.05) is 0 Å².